The summed E-state index contributed by atoms with van der Waals surface area (Å²) in [6, 6.07) is 10.4. The zero-order chi connectivity index (χ0) is 23.2. The first-order valence-corrected chi connectivity index (χ1v) is 11.5. The average molecular weight is 445 g/mol. The van der Waals surface area contributed by atoms with Crippen molar-refractivity contribution in [3.63, 3.8) is 0 Å². The highest BCUT2D eigenvalue weighted by atomic mass is 16.5. The molecule has 0 bridgehead atoms. The fourth-order valence-electron chi connectivity index (χ4n) is 2.78. The molecule has 2 aromatic carbocycles. The number of nitrogens with one attached hydrogen (secondary N) is 2. The second kappa shape index (κ2) is 14.1. The fourth-order valence-corrected chi connectivity index (χ4v) is 2.78. The Morgan fingerprint density at radius 1 is 0.594 bits per heavy atom. The van der Waals surface area contributed by atoms with Crippen LogP contribution < -0.4 is 29.6 Å². The molecule has 0 fully saturated rings. The maximum Gasteiger partial charge on any atom is 0.323 e. The minimum Gasteiger partial charge on any atom is -0.490 e. The predicted molar refractivity (Wildman–Crippen MR) is 129 cm³/mol. The Morgan fingerprint density at radius 2 is 0.938 bits per heavy atom. The van der Waals surface area contributed by atoms with E-state index in [0.717, 1.165) is 25.7 Å². The fraction of sp³-hybridized carbons (Fsp3) is 0.480. The van der Waals surface area contributed by atoms with Gasteiger partial charge in [-0.3, -0.25) is 0 Å². The van der Waals surface area contributed by atoms with E-state index in [-0.39, 0.29) is 6.03 Å². The second-order valence-electron chi connectivity index (χ2n) is 7.30. The van der Waals surface area contributed by atoms with Gasteiger partial charge in [0.25, 0.3) is 0 Å². The van der Waals surface area contributed by atoms with Crippen molar-refractivity contribution in [3.8, 4) is 23.0 Å². The summed E-state index contributed by atoms with van der Waals surface area (Å²) in [4.78, 5) is 12.6. The van der Waals surface area contributed by atoms with Gasteiger partial charge < -0.3 is 29.6 Å². The molecule has 0 saturated carbocycles. The maximum atomic E-state index is 12.6. The molecule has 0 aromatic heterocycles. The molecule has 0 aliphatic carbocycles. The zero-order valence-electron chi connectivity index (χ0n) is 19.7. The summed E-state index contributed by atoms with van der Waals surface area (Å²) in [5.74, 6) is 2.58. The molecule has 32 heavy (non-hydrogen) atoms. The van der Waals surface area contributed by atoms with E-state index in [4.69, 9.17) is 18.9 Å². The minimum atomic E-state index is -0.364. The Kier molecular flexibility index (Phi) is 11.1. The molecule has 2 N–H and O–H groups in total. The summed E-state index contributed by atoms with van der Waals surface area (Å²) in [5, 5.41) is 5.69. The first-order chi connectivity index (χ1) is 15.6. The summed E-state index contributed by atoms with van der Waals surface area (Å²) in [7, 11) is 0. The van der Waals surface area contributed by atoms with Crippen LogP contribution >= 0.6 is 0 Å². The molecule has 0 heterocycles. The topological polar surface area (TPSA) is 78.1 Å². The summed E-state index contributed by atoms with van der Waals surface area (Å²) in [6.07, 6.45) is 3.57. The number of hydrogen-bond donors (Lipinski definition) is 2. The normalized spacial score (nSPS) is 10.4. The monoisotopic (exact) mass is 444 g/mol. The number of carbonyl (C=O) groups is 1. The van der Waals surface area contributed by atoms with Crippen LogP contribution in [0.3, 0.4) is 0 Å². The van der Waals surface area contributed by atoms with Gasteiger partial charge >= 0.3 is 6.03 Å². The lowest BCUT2D eigenvalue weighted by Gasteiger charge is -2.15. The number of urea groups is 1. The standard InChI is InChI=1S/C25H36N2O5/c1-5-13-29-21-11-9-19(17-23(21)31-15-7-3)26-25(28)27-20-10-12-22(30-14-6-2)24(18-20)32-16-8-4/h9-12,17-18H,5-8,13-16H2,1-4H3,(H2,26,27,28). The van der Waals surface area contributed by atoms with Gasteiger partial charge in [0.15, 0.2) is 23.0 Å². The molecule has 2 rings (SSSR count). The molecular weight excluding hydrogens is 408 g/mol. The van der Waals surface area contributed by atoms with Crippen molar-refractivity contribution >= 4 is 17.4 Å². The van der Waals surface area contributed by atoms with Crippen LogP contribution in [0.4, 0.5) is 16.2 Å². The third-order valence-corrected chi connectivity index (χ3v) is 4.25. The number of ether oxygens (including phenoxy) is 4. The summed E-state index contributed by atoms with van der Waals surface area (Å²) in [6.45, 7) is 10.5. The third-order valence-electron chi connectivity index (χ3n) is 4.25. The highest BCUT2D eigenvalue weighted by molar-refractivity contribution is 6.00. The van der Waals surface area contributed by atoms with Crippen molar-refractivity contribution in [1.82, 2.24) is 0 Å². The number of rotatable bonds is 14. The Balaban J connectivity index is 2.08. The predicted octanol–water partition coefficient (Wildman–Crippen LogP) is 6.49. The highest BCUT2D eigenvalue weighted by Crippen LogP contribution is 2.32. The van der Waals surface area contributed by atoms with Gasteiger partial charge in [-0.2, -0.15) is 0 Å². The van der Waals surface area contributed by atoms with Crippen LogP contribution in [0.25, 0.3) is 0 Å². The smallest absolute Gasteiger partial charge is 0.323 e. The van der Waals surface area contributed by atoms with E-state index in [1.54, 1.807) is 24.3 Å². The zero-order valence-corrected chi connectivity index (χ0v) is 19.7. The number of amides is 2. The Morgan fingerprint density at radius 3 is 1.28 bits per heavy atom. The number of carbonyl (C=O) groups excluding carboxylic acids is 1. The van der Waals surface area contributed by atoms with Gasteiger partial charge in [0.2, 0.25) is 0 Å². The van der Waals surface area contributed by atoms with Gasteiger partial charge in [0, 0.05) is 23.5 Å². The molecule has 0 aliphatic rings. The molecule has 2 amide bonds. The van der Waals surface area contributed by atoms with Crippen molar-refractivity contribution in [3.05, 3.63) is 36.4 Å². The van der Waals surface area contributed by atoms with Gasteiger partial charge in [-0.05, 0) is 49.9 Å². The number of hydrogen-bond acceptors (Lipinski definition) is 5. The van der Waals surface area contributed by atoms with Crippen molar-refractivity contribution in [2.75, 3.05) is 37.1 Å². The number of benzene rings is 2. The summed E-state index contributed by atoms with van der Waals surface area (Å²) >= 11 is 0. The summed E-state index contributed by atoms with van der Waals surface area (Å²) < 4.78 is 23.1. The summed E-state index contributed by atoms with van der Waals surface area (Å²) in [5.41, 5.74) is 1.23. The molecule has 0 aliphatic heterocycles. The third kappa shape index (κ3) is 8.21. The van der Waals surface area contributed by atoms with E-state index >= 15 is 0 Å². The van der Waals surface area contributed by atoms with E-state index in [0.29, 0.717) is 60.8 Å². The van der Waals surface area contributed by atoms with Crippen molar-refractivity contribution in [2.45, 2.75) is 53.4 Å². The number of anilines is 2. The Hall–Kier alpha value is -3.09. The molecule has 0 spiro atoms. The molecule has 7 heteroatoms. The highest BCUT2D eigenvalue weighted by Gasteiger charge is 2.11. The molecule has 176 valence electrons. The molecule has 0 atom stereocenters. The van der Waals surface area contributed by atoms with Gasteiger partial charge in [-0.1, -0.05) is 27.7 Å². The lowest BCUT2D eigenvalue weighted by molar-refractivity contribution is 0.261. The molecule has 0 unspecified atom stereocenters. The molecule has 7 nitrogen and oxygen atoms in total. The van der Waals surface area contributed by atoms with Crippen LogP contribution in [0.15, 0.2) is 36.4 Å². The van der Waals surface area contributed by atoms with E-state index in [1.165, 1.54) is 0 Å². The van der Waals surface area contributed by atoms with Crippen LogP contribution in [0.2, 0.25) is 0 Å². The van der Waals surface area contributed by atoms with Crippen LogP contribution in [-0.4, -0.2) is 32.5 Å². The molecular formula is C25H36N2O5. The molecule has 2 aromatic rings. The van der Waals surface area contributed by atoms with Crippen molar-refractivity contribution < 1.29 is 23.7 Å². The Labute approximate surface area is 191 Å². The van der Waals surface area contributed by atoms with Crippen LogP contribution in [0, 0.1) is 0 Å². The van der Waals surface area contributed by atoms with Crippen LogP contribution in [-0.2, 0) is 0 Å². The van der Waals surface area contributed by atoms with Crippen LogP contribution in [0.1, 0.15) is 53.4 Å². The molecule has 0 radical (unpaired) electrons. The quantitative estimate of drug-likeness (QED) is 0.348. The van der Waals surface area contributed by atoms with Gasteiger partial charge in [-0.15, -0.1) is 0 Å². The van der Waals surface area contributed by atoms with Crippen molar-refractivity contribution in [1.29, 1.82) is 0 Å². The lowest BCUT2D eigenvalue weighted by atomic mass is 10.2. The van der Waals surface area contributed by atoms with Crippen molar-refractivity contribution in [2.24, 2.45) is 0 Å². The largest absolute Gasteiger partial charge is 0.490 e. The lowest BCUT2D eigenvalue weighted by Crippen LogP contribution is -2.19. The van der Waals surface area contributed by atoms with Crippen LogP contribution in [0.5, 0.6) is 23.0 Å². The van der Waals surface area contributed by atoms with E-state index in [2.05, 4.69) is 10.6 Å². The van der Waals surface area contributed by atoms with E-state index < -0.39 is 0 Å². The second-order valence-corrected chi connectivity index (χ2v) is 7.30. The molecule has 0 saturated heterocycles. The van der Waals surface area contributed by atoms with E-state index in [1.807, 2.05) is 39.8 Å². The van der Waals surface area contributed by atoms with E-state index in [9.17, 15) is 4.79 Å². The van der Waals surface area contributed by atoms with Gasteiger partial charge in [0.1, 0.15) is 0 Å². The Bertz CT molecular complexity index is 774. The average Bonchev–Trinajstić information content (AvgIpc) is 2.80. The first kappa shape index (κ1) is 25.2. The SMILES string of the molecule is CCCOc1ccc(NC(=O)Nc2ccc(OCCC)c(OCCC)c2)cc1OCCC. The minimum absolute atomic E-state index is 0.364. The van der Waals surface area contributed by atoms with Gasteiger partial charge in [0.05, 0.1) is 26.4 Å². The van der Waals surface area contributed by atoms with Gasteiger partial charge in [-0.25, -0.2) is 4.79 Å². The maximum absolute atomic E-state index is 12.6. The first-order valence-electron chi connectivity index (χ1n) is 11.5.